The summed E-state index contributed by atoms with van der Waals surface area (Å²) in [7, 11) is 0. The van der Waals surface area contributed by atoms with E-state index in [9.17, 15) is 0 Å². The zero-order valence-electron chi connectivity index (χ0n) is 12.3. The Morgan fingerprint density at radius 3 is 2.85 bits per heavy atom. The largest absolute Gasteiger partial charge is 0.381 e. The van der Waals surface area contributed by atoms with Crippen molar-refractivity contribution in [2.24, 2.45) is 0 Å². The van der Waals surface area contributed by atoms with Crippen LogP contribution in [0.4, 0.5) is 0 Å². The maximum atomic E-state index is 5.46. The van der Waals surface area contributed by atoms with Gasteiger partial charge in [-0.3, -0.25) is 0 Å². The molecule has 1 unspecified atom stereocenters. The molecule has 4 heteroatoms. The fourth-order valence-electron chi connectivity index (χ4n) is 2.41. The molecule has 1 atom stereocenters. The number of ether oxygens (including phenoxy) is 1. The van der Waals surface area contributed by atoms with Gasteiger partial charge in [-0.25, -0.2) is 0 Å². The van der Waals surface area contributed by atoms with Crippen molar-refractivity contribution in [3.63, 3.8) is 0 Å². The van der Waals surface area contributed by atoms with Crippen LogP contribution in [0.5, 0.6) is 0 Å². The van der Waals surface area contributed by atoms with Gasteiger partial charge in [0.05, 0.1) is 0 Å². The van der Waals surface area contributed by atoms with Crippen molar-refractivity contribution < 1.29 is 4.74 Å². The Labute approximate surface area is 135 Å². The van der Waals surface area contributed by atoms with E-state index >= 15 is 0 Å². The van der Waals surface area contributed by atoms with Crippen molar-refractivity contribution in [2.45, 2.75) is 49.3 Å². The van der Waals surface area contributed by atoms with Gasteiger partial charge in [0.2, 0.25) is 0 Å². The van der Waals surface area contributed by atoms with Gasteiger partial charge in [-0.15, -0.1) is 11.8 Å². The Morgan fingerprint density at radius 1 is 1.40 bits per heavy atom. The first-order chi connectivity index (χ1) is 9.70. The number of halogens is 1. The first kappa shape index (κ1) is 16.3. The molecule has 1 N–H and O–H groups in total. The second-order valence-corrected chi connectivity index (χ2v) is 7.55. The summed E-state index contributed by atoms with van der Waals surface area (Å²) in [5, 5.41) is 4.28. The van der Waals surface area contributed by atoms with E-state index in [0.29, 0.717) is 11.3 Å². The van der Waals surface area contributed by atoms with Crippen LogP contribution in [-0.4, -0.2) is 25.0 Å². The molecule has 20 heavy (non-hydrogen) atoms. The summed E-state index contributed by atoms with van der Waals surface area (Å²) in [5.74, 6) is 0. The summed E-state index contributed by atoms with van der Waals surface area (Å²) in [6.07, 6.45) is 3.49. The minimum atomic E-state index is 0.408. The minimum Gasteiger partial charge on any atom is -0.381 e. The van der Waals surface area contributed by atoms with Gasteiger partial charge in [0.25, 0.3) is 0 Å². The lowest BCUT2D eigenvalue weighted by Gasteiger charge is -2.24. The molecule has 0 amide bonds. The van der Waals surface area contributed by atoms with Gasteiger partial charge in [0, 0.05) is 33.9 Å². The van der Waals surface area contributed by atoms with E-state index in [1.54, 1.807) is 0 Å². The minimum absolute atomic E-state index is 0.408. The molecule has 1 aromatic carbocycles. The molecule has 0 bridgehead atoms. The van der Waals surface area contributed by atoms with Crippen molar-refractivity contribution in [2.75, 3.05) is 19.8 Å². The summed E-state index contributed by atoms with van der Waals surface area (Å²) in [6.45, 7) is 7.35. The normalized spacial score (nSPS) is 18.1. The van der Waals surface area contributed by atoms with E-state index in [1.807, 2.05) is 11.8 Å². The van der Waals surface area contributed by atoms with Crippen LogP contribution in [0.2, 0.25) is 0 Å². The first-order valence-electron chi connectivity index (χ1n) is 7.48. The topological polar surface area (TPSA) is 21.3 Å². The zero-order valence-corrected chi connectivity index (χ0v) is 14.7. The van der Waals surface area contributed by atoms with Crippen molar-refractivity contribution in [1.29, 1.82) is 0 Å². The van der Waals surface area contributed by atoms with E-state index in [4.69, 9.17) is 4.74 Å². The fraction of sp³-hybridized carbons (Fsp3) is 0.625. The second kappa shape index (κ2) is 8.42. The molecule has 1 aliphatic heterocycles. The van der Waals surface area contributed by atoms with Crippen LogP contribution >= 0.6 is 27.7 Å². The van der Waals surface area contributed by atoms with Gasteiger partial charge >= 0.3 is 0 Å². The lowest BCUT2D eigenvalue weighted by atomic mass is 10.1. The third-order valence-electron chi connectivity index (χ3n) is 3.60. The Hall–Kier alpha value is -0.0300. The molecule has 0 saturated carbocycles. The third-order valence-corrected chi connectivity index (χ3v) is 5.51. The highest BCUT2D eigenvalue weighted by atomic mass is 79.9. The summed E-state index contributed by atoms with van der Waals surface area (Å²) >= 11 is 5.62. The van der Waals surface area contributed by atoms with Gasteiger partial charge in [-0.05, 0) is 50.4 Å². The number of nitrogens with one attached hydrogen (secondary N) is 1. The predicted octanol–water partition coefficient (Wildman–Crippen LogP) is 4.78. The molecule has 0 aromatic heterocycles. The SMILES string of the molecule is CCCNC(C)c1ccc(Br)cc1SC1CCOCC1. The first-order valence-corrected chi connectivity index (χ1v) is 9.15. The van der Waals surface area contributed by atoms with Crippen LogP contribution in [-0.2, 0) is 4.74 Å². The molecule has 112 valence electrons. The second-order valence-electron chi connectivity index (χ2n) is 5.29. The molecule has 1 fully saturated rings. The number of hydrogen-bond donors (Lipinski definition) is 1. The summed E-state index contributed by atoms with van der Waals surface area (Å²) < 4.78 is 6.62. The third kappa shape index (κ3) is 4.76. The zero-order chi connectivity index (χ0) is 14.4. The highest BCUT2D eigenvalue weighted by Crippen LogP contribution is 2.36. The molecule has 0 aliphatic carbocycles. The lowest BCUT2D eigenvalue weighted by molar-refractivity contribution is 0.1000. The van der Waals surface area contributed by atoms with Gasteiger partial charge in [-0.2, -0.15) is 0 Å². The summed E-state index contributed by atoms with van der Waals surface area (Å²) in [6, 6.07) is 7.07. The lowest BCUT2D eigenvalue weighted by Crippen LogP contribution is -2.21. The quantitative estimate of drug-likeness (QED) is 0.791. The molecule has 2 nitrogen and oxygen atoms in total. The van der Waals surface area contributed by atoms with E-state index in [2.05, 4.69) is 53.3 Å². The van der Waals surface area contributed by atoms with Crippen molar-refractivity contribution in [1.82, 2.24) is 5.32 Å². The monoisotopic (exact) mass is 357 g/mol. The molecule has 0 radical (unpaired) electrons. The van der Waals surface area contributed by atoms with Crippen LogP contribution in [0.15, 0.2) is 27.6 Å². The van der Waals surface area contributed by atoms with E-state index in [1.165, 1.54) is 21.4 Å². The average molecular weight is 358 g/mol. The Kier molecular flexibility index (Phi) is 6.88. The smallest absolute Gasteiger partial charge is 0.0476 e. The van der Waals surface area contributed by atoms with E-state index in [-0.39, 0.29) is 0 Å². The molecule has 1 aliphatic rings. The summed E-state index contributed by atoms with van der Waals surface area (Å²) in [4.78, 5) is 1.40. The van der Waals surface area contributed by atoms with E-state index < -0.39 is 0 Å². The maximum Gasteiger partial charge on any atom is 0.0476 e. The number of thioether (sulfide) groups is 1. The molecule has 0 spiro atoms. The van der Waals surface area contributed by atoms with E-state index in [0.717, 1.165) is 32.6 Å². The molecule has 1 saturated heterocycles. The number of benzene rings is 1. The average Bonchev–Trinajstić information content (AvgIpc) is 2.46. The molecule has 1 heterocycles. The maximum absolute atomic E-state index is 5.46. The van der Waals surface area contributed by atoms with Crippen LogP contribution < -0.4 is 5.32 Å². The van der Waals surface area contributed by atoms with Crippen LogP contribution in [0.3, 0.4) is 0 Å². The van der Waals surface area contributed by atoms with Crippen molar-refractivity contribution in [3.8, 4) is 0 Å². The highest BCUT2D eigenvalue weighted by molar-refractivity contribution is 9.10. The molecule has 2 rings (SSSR count). The van der Waals surface area contributed by atoms with Gasteiger partial charge < -0.3 is 10.1 Å². The Bertz CT molecular complexity index is 421. The standard InChI is InChI=1S/C16H24BrNOS/c1-3-8-18-12(2)15-5-4-13(17)11-16(15)20-14-6-9-19-10-7-14/h4-5,11-12,14,18H,3,6-10H2,1-2H3. The molecular formula is C16H24BrNOS. The van der Waals surface area contributed by atoms with Crippen molar-refractivity contribution in [3.05, 3.63) is 28.2 Å². The van der Waals surface area contributed by atoms with Crippen LogP contribution in [0, 0.1) is 0 Å². The fourth-order valence-corrected chi connectivity index (χ4v) is 4.29. The highest BCUT2D eigenvalue weighted by Gasteiger charge is 2.18. The Balaban J connectivity index is 2.10. The van der Waals surface area contributed by atoms with Crippen molar-refractivity contribution >= 4 is 27.7 Å². The van der Waals surface area contributed by atoms with Crippen LogP contribution in [0.1, 0.15) is 44.7 Å². The van der Waals surface area contributed by atoms with Crippen LogP contribution in [0.25, 0.3) is 0 Å². The number of rotatable bonds is 6. The van der Waals surface area contributed by atoms with Gasteiger partial charge in [0.1, 0.15) is 0 Å². The molecule has 1 aromatic rings. The Morgan fingerprint density at radius 2 is 2.15 bits per heavy atom. The van der Waals surface area contributed by atoms with Gasteiger partial charge in [0.15, 0.2) is 0 Å². The predicted molar refractivity (Wildman–Crippen MR) is 90.5 cm³/mol. The van der Waals surface area contributed by atoms with Gasteiger partial charge in [-0.1, -0.05) is 28.9 Å². The summed E-state index contributed by atoms with van der Waals surface area (Å²) in [5.41, 5.74) is 1.41. The number of hydrogen-bond acceptors (Lipinski definition) is 3. The molecular weight excluding hydrogens is 334 g/mol.